The van der Waals surface area contributed by atoms with Crippen molar-refractivity contribution in [2.45, 2.75) is 31.2 Å². The number of nitrogens with zero attached hydrogens (tertiary/aromatic N) is 4. The number of benzene rings is 1. The van der Waals surface area contributed by atoms with Crippen molar-refractivity contribution >= 4 is 26.8 Å². The minimum Gasteiger partial charge on any atom is -0.337 e. The van der Waals surface area contributed by atoms with Gasteiger partial charge in [0.1, 0.15) is 0 Å². The van der Waals surface area contributed by atoms with Crippen LogP contribution < -0.4 is 0 Å². The third kappa shape index (κ3) is 4.08. The molecule has 1 amide bonds. The van der Waals surface area contributed by atoms with Gasteiger partial charge in [-0.1, -0.05) is 6.07 Å². The molecule has 4 rings (SSSR count). The zero-order chi connectivity index (χ0) is 21.1. The fourth-order valence-corrected chi connectivity index (χ4v) is 5.36. The summed E-state index contributed by atoms with van der Waals surface area (Å²) in [5.41, 5.74) is 1.54. The van der Waals surface area contributed by atoms with Gasteiger partial charge in [0.05, 0.1) is 28.8 Å². The summed E-state index contributed by atoms with van der Waals surface area (Å²) in [4.78, 5) is 19.3. The van der Waals surface area contributed by atoms with Crippen LogP contribution in [0.3, 0.4) is 0 Å². The SMILES string of the molecule is CCN(Cc1ccccn1)C(=O)C1CCN(S(=O)(=O)c2ccc3cn[nH]c3c2)CC1. The van der Waals surface area contributed by atoms with Gasteiger partial charge in [0.25, 0.3) is 0 Å². The summed E-state index contributed by atoms with van der Waals surface area (Å²) < 4.78 is 27.6. The first-order valence-electron chi connectivity index (χ1n) is 10.1. The van der Waals surface area contributed by atoms with Gasteiger partial charge in [-0.3, -0.25) is 14.9 Å². The Bertz CT molecular complexity index is 1120. The quantitative estimate of drug-likeness (QED) is 0.651. The Kier molecular flexibility index (Phi) is 5.83. The highest BCUT2D eigenvalue weighted by Crippen LogP contribution is 2.27. The maximum Gasteiger partial charge on any atom is 0.243 e. The van der Waals surface area contributed by atoms with Crippen LogP contribution in [0, 0.1) is 5.92 Å². The summed E-state index contributed by atoms with van der Waals surface area (Å²) in [5.74, 6) is -0.103. The van der Waals surface area contributed by atoms with Crippen LogP contribution in [0.15, 0.2) is 53.7 Å². The zero-order valence-electron chi connectivity index (χ0n) is 16.9. The maximum absolute atomic E-state index is 13.0. The van der Waals surface area contributed by atoms with Gasteiger partial charge in [0.2, 0.25) is 15.9 Å². The Morgan fingerprint density at radius 3 is 2.73 bits per heavy atom. The monoisotopic (exact) mass is 427 g/mol. The maximum atomic E-state index is 13.0. The summed E-state index contributed by atoms with van der Waals surface area (Å²) in [6, 6.07) is 10.6. The number of hydrogen-bond acceptors (Lipinski definition) is 5. The van der Waals surface area contributed by atoms with E-state index in [2.05, 4.69) is 15.2 Å². The highest BCUT2D eigenvalue weighted by molar-refractivity contribution is 7.89. The predicted molar refractivity (Wildman–Crippen MR) is 113 cm³/mol. The molecule has 8 nitrogen and oxygen atoms in total. The lowest BCUT2D eigenvalue weighted by Crippen LogP contribution is -2.44. The van der Waals surface area contributed by atoms with E-state index in [4.69, 9.17) is 0 Å². The van der Waals surface area contributed by atoms with E-state index in [0.717, 1.165) is 11.1 Å². The molecule has 30 heavy (non-hydrogen) atoms. The molecule has 9 heteroatoms. The molecule has 3 aromatic rings. The van der Waals surface area contributed by atoms with E-state index in [-0.39, 0.29) is 16.7 Å². The highest BCUT2D eigenvalue weighted by Gasteiger charge is 2.33. The van der Waals surface area contributed by atoms with Crippen LogP contribution in [0.2, 0.25) is 0 Å². The second-order valence-corrected chi connectivity index (χ2v) is 9.41. The molecule has 1 aliphatic rings. The van der Waals surface area contributed by atoms with Crippen molar-refractivity contribution in [3.05, 3.63) is 54.5 Å². The number of nitrogens with one attached hydrogen (secondary N) is 1. The lowest BCUT2D eigenvalue weighted by molar-refractivity contribution is -0.137. The molecule has 1 fully saturated rings. The second-order valence-electron chi connectivity index (χ2n) is 7.47. The third-order valence-corrected chi connectivity index (χ3v) is 7.52. The fraction of sp³-hybridized carbons (Fsp3) is 0.381. The molecule has 0 atom stereocenters. The average Bonchev–Trinajstić information content (AvgIpc) is 3.26. The van der Waals surface area contributed by atoms with Gasteiger partial charge in [-0.2, -0.15) is 9.40 Å². The third-order valence-electron chi connectivity index (χ3n) is 5.63. The fourth-order valence-electron chi connectivity index (χ4n) is 3.86. The number of aromatic nitrogens is 3. The van der Waals surface area contributed by atoms with Gasteiger partial charge < -0.3 is 4.90 Å². The van der Waals surface area contributed by atoms with Gasteiger partial charge in [-0.25, -0.2) is 8.42 Å². The van der Waals surface area contributed by atoms with E-state index < -0.39 is 10.0 Å². The number of carbonyl (C=O) groups excluding carboxylic acids is 1. The van der Waals surface area contributed by atoms with Crippen molar-refractivity contribution in [2.24, 2.45) is 5.92 Å². The normalized spacial score (nSPS) is 16.0. The molecule has 3 heterocycles. The molecule has 1 saturated heterocycles. The number of carbonyl (C=O) groups is 1. The lowest BCUT2D eigenvalue weighted by Gasteiger charge is -2.33. The van der Waals surface area contributed by atoms with Gasteiger partial charge in [-0.15, -0.1) is 0 Å². The number of aromatic amines is 1. The van der Waals surface area contributed by atoms with Crippen molar-refractivity contribution in [2.75, 3.05) is 19.6 Å². The molecule has 0 aliphatic carbocycles. The standard InChI is InChI=1S/C21H25N5O3S/c1-2-25(15-18-5-3-4-10-22-18)21(27)16-8-11-26(12-9-16)30(28,29)19-7-6-17-14-23-24-20(17)13-19/h3-7,10,13-14,16H,2,8-9,11-12,15H2,1H3,(H,23,24). The van der Waals surface area contributed by atoms with Gasteiger partial charge in [0.15, 0.2) is 0 Å². The van der Waals surface area contributed by atoms with Crippen LogP contribution in [0.25, 0.3) is 10.9 Å². The number of piperidine rings is 1. The number of H-pyrrole nitrogens is 1. The minimum atomic E-state index is -3.60. The first-order valence-corrected chi connectivity index (χ1v) is 11.5. The molecular weight excluding hydrogens is 402 g/mol. The Morgan fingerprint density at radius 2 is 2.03 bits per heavy atom. The molecule has 0 unspecified atom stereocenters. The van der Waals surface area contributed by atoms with E-state index in [0.29, 0.717) is 44.5 Å². The van der Waals surface area contributed by atoms with Gasteiger partial charge in [-0.05, 0) is 50.1 Å². The van der Waals surface area contributed by atoms with Crippen molar-refractivity contribution in [3.8, 4) is 0 Å². The van der Waals surface area contributed by atoms with Crippen molar-refractivity contribution in [1.29, 1.82) is 0 Å². The number of fused-ring (bicyclic) bond motifs is 1. The first-order chi connectivity index (χ1) is 14.5. The first kappa shape index (κ1) is 20.5. The molecule has 2 aromatic heterocycles. The number of amides is 1. The Hall–Kier alpha value is -2.78. The molecule has 1 N–H and O–H groups in total. The summed E-state index contributed by atoms with van der Waals surface area (Å²) in [6.07, 6.45) is 4.41. The molecule has 0 spiro atoms. The van der Waals surface area contributed by atoms with E-state index in [9.17, 15) is 13.2 Å². The number of sulfonamides is 1. The minimum absolute atomic E-state index is 0.0686. The lowest BCUT2D eigenvalue weighted by atomic mass is 9.96. The van der Waals surface area contributed by atoms with E-state index in [1.807, 2.05) is 25.1 Å². The average molecular weight is 428 g/mol. The Balaban J connectivity index is 1.41. The number of rotatable bonds is 6. The van der Waals surface area contributed by atoms with E-state index >= 15 is 0 Å². The van der Waals surface area contributed by atoms with E-state index in [1.54, 1.807) is 35.5 Å². The molecule has 0 bridgehead atoms. The Labute approximate surface area is 176 Å². The summed E-state index contributed by atoms with van der Waals surface area (Å²) in [5, 5.41) is 7.61. The predicted octanol–water partition coefficient (Wildman–Crippen LogP) is 2.41. The number of hydrogen-bond donors (Lipinski definition) is 1. The van der Waals surface area contributed by atoms with Gasteiger partial charge >= 0.3 is 0 Å². The van der Waals surface area contributed by atoms with E-state index in [1.165, 1.54) is 4.31 Å². The largest absolute Gasteiger partial charge is 0.337 e. The van der Waals surface area contributed by atoms with Gasteiger partial charge in [0, 0.05) is 37.1 Å². The number of pyridine rings is 1. The van der Waals surface area contributed by atoms with Crippen molar-refractivity contribution in [1.82, 2.24) is 24.4 Å². The second kappa shape index (κ2) is 8.53. The molecule has 1 aliphatic heterocycles. The van der Waals surface area contributed by atoms with Crippen LogP contribution in [0.4, 0.5) is 0 Å². The van der Waals surface area contributed by atoms with Crippen LogP contribution in [-0.2, 0) is 21.4 Å². The van der Waals surface area contributed by atoms with Crippen LogP contribution in [0.5, 0.6) is 0 Å². The molecule has 158 valence electrons. The van der Waals surface area contributed by atoms with Crippen LogP contribution >= 0.6 is 0 Å². The molecule has 0 radical (unpaired) electrons. The van der Waals surface area contributed by atoms with Crippen LogP contribution in [0.1, 0.15) is 25.5 Å². The van der Waals surface area contributed by atoms with Crippen LogP contribution in [-0.4, -0.2) is 58.3 Å². The summed E-state index contributed by atoms with van der Waals surface area (Å²) >= 11 is 0. The van der Waals surface area contributed by atoms with Crippen molar-refractivity contribution < 1.29 is 13.2 Å². The topological polar surface area (TPSA) is 99.3 Å². The molecule has 0 saturated carbocycles. The Morgan fingerprint density at radius 1 is 1.23 bits per heavy atom. The smallest absolute Gasteiger partial charge is 0.243 e. The molecule has 1 aromatic carbocycles. The highest BCUT2D eigenvalue weighted by atomic mass is 32.2. The molecular formula is C21H25N5O3S. The summed E-state index contributed by atoms with van der Waals surface area (Å²) in [6.45, 7) is 3.69. The summed E-state index contributed by atoms with van der Waals surface area (Å²) in [7, 11) is -3.60. The zero-order valence-corrected chi connectivity index (χ0v) is 17.7. The van der Waals surface area contributed by atoms with Crippen molar-refractivity contribution in [3.63, 3.8) is 0 Å².